The summed E-state index contributed by atoms with van der Waals surface area (Å²) in [6.07, 6.45) is 2.75. The molecule has 1 amide bonds. The summed E-state index contributed by atoms with van der Waals surface area (Å²) < 4.78 is 5.60. The van der Waals surface area contributed by atoms with E-state index in [2.05, 4.69) is 31.2 Å². The van der Waals surface area contributed by atoms with Crippen LogP contribution in [0.1, 0.15) is 48.4 Å². The highest BCUT2D eigenvalue weighted by atomic mass is 16.6. The van der Waals surface area contributed by atoms with Gasteiger partial charge in [0.25, 0.3) is 0 Å². The van der Waals surface area contributed by atoms with Gasteiger partial charge in [0.2, 0.25) is 0 Å². The van der Waals surface area contributed by atoms with Crippen molar-refractivity contribution in [3.63, 3.8) is 0 Å². The van der Waals surface area contributed by atoms with E-state index in [-0.39, 0.29) is 24.2 Å². The number of rotatable bonds is 3. The van der Waals surface area contributed by atoms with Gasteiger partial charge in [-0.25, -0.2) is 4.79 Å². The fraction of sp³-hybridized carbons (Fsp3) is 0.391. The van der Waals surface area contributed by atoms with Gasteiger partial charge in [-0.3, -0.25) is 4.79 Å². The Labute approximate surface area is 160 Å². The topological polar surface area (TPSA) is 46.6 Å². The van der Waals surface area contributed by atoms with Crippen LogP contribution in [-0.4, -0.2) is 23.3 Å². The van der Waals surface area contributed by atoms with Crippen LogP contribution in [0, 0.1) is 12.3 Å². The lowest BCUT2D eigenvalue weighted by molar-refractivity contribution is -0.136. The van der Waals surface area contributed by atoms with E-state index in [1.54, 1.807) is 0 Å². The molecule has 140 valence electrons. The molecule has 2 fully saturated rings. The number of ketones is 1. The third-order valence-corrected chi connectivity index (χ3v) is 5.93. The number of hydrogen-bond acceptors (Lipinski definition) is 3. The molecule has 2 aromatic carbocycles. The Morgan fingerprint density at radius 1 is 1.11 bits per heavy atom. The van der Waals surface area contributed by atoms with Gasteiger partial charge in [0.15, 0.2) is 0 Å². The van der Waals surface area contributed by atoms with Crippen molar-refractivity contribution in [2.24, 2.45) is 5.41 Å². The van der Waals surface area contributed by atoms with Gasteiger partial charge in [0.1, 0.15) is 12.4 Å². The number of hydrogen-bond donors (Lipinski definition) is 0. The highest BCUT2D eigenvalue weighted by Crippen LogP contribution is 2.52. The van der Waals surface area contributed by atoms with E-state index in [1.165, 1.54) is 5.56 Å². The summed E-state index contributed by atoms with van der Waals surface area (Å²) >= 11 is 0. The molecule has 2 aliphatic rings. The van der Waals surface area contributed by atoms with Crippen LogP contribution in [0.3, 0.4) is 0 Å². The van der Waals surface area contributed by atoms with E-state index < -0.39 is 0 Å². The Kier molecular flexibility index (Phi) is 4.73. The first-order chi connectivity index (χ1) is 13.0. The maximum atomic E-state index is 12.8. The fourth-order valence-corrected chi connectivity index (χ4v) is 4.35. The van der Waals surface area contributed by atoms with Crippen molar-refractivity contribution in [3.8, 4) is 0 Å². The molecule has 0 aromatic heterocycles. The lowest BCUT2D eigenvalue weighted by Crippen LogP contribution is -2.50. The minimum absolute atomic E-state index is 0.0317. The van der Waals surface area contributed by atoms with Crippen molar-refractivity contribution < 1.29 is 14.3 Å². The molecule has 4 nitrogen and oxygen atoms in total. The molecule has 1 heterocycles. The highest BCUT2D eigenvalue weighted by Gasteiger charge is 2.49. The second-order valence-electron chi connectivity index (χ2n) is 8.01. The molecule has 4 rings (SSSR count). The summed E-state index contributed by atoms with van der Waals surface area (Å²) in [5.74, 6) is 0.345. The fourth-order valence-electron chi connectivity index (χ4n) is 4.35. The van der Waals surface area contributed by atoms with Crippen LogP contribution in [0.25, 0.3) is 0 Å². The summed E-state index contributed by atoms with van der Waals surface area (Å²) in [6, 6.07) is 18.1. The van der Waals surface area contributed by atoms with Gasteiger partial charge in [0.05, 0.1) is 6.04 Å². The van der Waals surface area contributed by atoms with Crippen molar-refractivity contribution in [1.82, 2.24) is 4.90 Å². The number of benzene rings is 2. The number of aryl methyl sites for hydroxylation is 1. The first-order valence-electron chi connectivity index (χ1n) is 9.60. The number of nitrogens with zero attached hydrogens (tertiary/aromatic N) is 1. The van der Waals surface area contributed by atoms with Gasteiger partial charge in [-0.1, -0.05) is 60.2 Å². The largest absolute Gasteiger partial charge is 0.445 e. The Balaban J connectivity index is 1.51. The maximum Gasteiger partial charge on any atom is 0.410 e. The van der Waals surface area contributed by atoms with Crippen molar-refractivity contribution in [2.75, 3.05) is 6.54 Å². The lowest BCUT2D eigenvalue weighted by Gasteiger charge is -2.50. The summed E-state index contributed by atoms with van der Waals surface area (Å²) in [5, 5.41) is 0. The summed E-state index contributed by atoms with van der Waals surface area (Å²) in [4.78, 5) is 26.3. The molecule has 1 saturated carbocycles. The number of ether oxygens (including phenoxy) is 1. The standard InChI is InChI=1S/C23H25NO3/c1-17-7-9-19(10-8-17)21-15-23(13-20(25)14-23)11-12-24(21)22(26)27-16-18-5-3-2-4-6-18/h2-10,21H,11-16H2,1H3. The normalized spacial score (nSPS) is 21.0. The van der Waals surface area contributed by atoms with Crippen LogP contribution in [0.5, 0.6) is 0 Å². The molecular weight excluding hydrogens is 338 g/mol. The molecule has 1 saturated heterocycles. The Morgan fingerprint density at radius 2 is 1.81 bits per heavy atom. The van der Waals surface area contributed by atoms with E-state index >= 15 is 0 Å². The summed E-state index contributed by atoms with van der Waals surface area (Å²) in [7, 11) is 0. The van der Waals surface area contributed by atoms with Crippen LogP contribution < -0.4 is 0 Å². The zero-order valence-electron chi connectivity index (χ0n) is 15.7. The van der Waals surface area contributed by atoms with E-state index in [0.29, 0.717) is 25.2 Å². The Bertz CT molecular complexity index is 820. The molecule has 0 radical (unpaired) electrons. The number of piperidine rings is 1. The minimum atomic E-state index is -0.273. The first kappa shape index (κ1) is 17.8. The predicted octanol–water partition coefficient (Wildman–Crippen LogP) is 4.82. The van der Waals surface area contributed by atoms with E-state index in [9.17, 15) is 9.59 Å². The molecule has 1 unspecified atom stereocenters. The average molecular weight is 363 g/mol. The minimum Gasteiger partial charge on any atom is -0.445 e. The number of likely N-dealkylation sites (tertiary alicyclic amines) is 1. The number of carbonyl (C=O) groups is 2. The zero-order valence-corrected chi connectivity index (χ0v) is 15.7. The lowest BCUT2D eigenvalue weighted by atomic mass is 9.60. The highest BCUT2D eigenvalue weighted by molar-refractivity contribution is 5.86. The Hall–Kier alpha value is -2.62. The van der Waals surface area contributed by atoms with Crippen LogP contribution >= 0.6 is 0 Å². The molecule has 1 aliphatic carbocycles. The van der Waals surface area contributed by atoms with Crippen LogP contribution in [-0.2, 0) is 16.1 Å². The van der Waals surface area contributed by atoms with Gasteiger partial charge in [-0.15, -0.1) is 0 Å². The summed E-state index contributed by atoms with van der Waals surface area (Å²) in [5.41, 5.74) is 3.37. The Morgan fingerprint density at radius 3 is 2.48 bits per heavy atom. The maximum absolute atomic E-state index is 12.8. The third kappa shape index (κ3) is 3.75. The molecule has 1 aliphatic heterocycles. The number of Topliss-reactive ketones (excluding diaryl/α,β-unsaturated/α-hetero) is 1. The van der Waals surface area contributed by atoms with Crippen LogP contribution in [0.15, 0.2) is 54.6 Å². The molecule has 1 atom stereocenters. The average Bonchev–Trinajstić information content (AvgIpc) is 2.66. The smallest absolute Gasteiger partial charge is 0.410 e. The van der Waals surface area contributed by atoms with Crippen molar-refractivity contribution in [2.45, 2.75) is 45.3 Å². The molecular formula is C23H25NO3. The monoisotopic (exact) mass is 363 g/mol. The van der Waals surface area contributed by atoms with Gasteiger partial charge in [-0.05, 0) is 36.3 Å². The predicted molar refractivity (Wildman–Crippen MR) is 103 cm³/mol. The first-order valence-corrected chi connectivity index (χ1v) is 9.60. The van der Waals surface area contributed by atoms with Crippen molar-refractivity contribution in [3.05, 3.63) is 71.3 Å². The molecule has 1 spiro atoms. The van der Waals surface area contributed by atoms with Crippen LogP contribution in [0.2, 0.25) is 0 Å². The molecule has 0 N–H and O–H groups in total. The second-order valence-corrected chi connectivity index (χ2v) is 8.01. The molecule has 0 bridgehead atoms. The van der Waals surface area contributed by atoms with E-state index in [1.807, 2.05) is 35.2 Å². The second kappa shape index (κ2) is 7.18. The van der Waals surface area contributed by atoms with Gasteiger partial charge in [0, 0.05) is 19.4 Å². The SMILES string of the molecule is Cc1ccc(C2CC3(CCN2C(=O)OCc2ccccc2)CC(=O)C3)cc1. The van der Waals surface area contributed by atoms with Crippen molar-refractivity contribution in [1.29, 1.82) is 0 Å². The molecule has 2 aromatic rings. The summed E-state index contributed by atoms with van der Waals surface area (Å²) in [6.45, 7) is 2.97. The van der Waals surface area contributed by atoms with Crippen molar-refractivity contribution >= 4 is 11.9 Å². The van der Waals surface area contributed by atoms with E-state index in [0.717, 1.165) is 24.0 Å². The van der Waals surface area contributed by atoms with E-state index in [4.69, 9.17) is 4.74 Å². The van der Waals surface area contributed by atoms with Crippen LogP contribution in [0.4, 0.5) is 4.79 Å². The van der Waals surface area contributed by atoms with Gasteiger partial charge in [-0.2, -0.15) is 0 Å². The zero-order chi connectivity index (χ0) is 18.9. The molecule has 4 heteroatoms. The van der Waals surface area contributed by atoms with Gasteiger partial charge >= 0.3 is 6.09 Å². The number of amides is 1. The molecule has 27 heavy (non-hydrogen) atoms. The third-order valence-electron chi connectivity index (χ3n) is 5.93. The van der Waals surface area contributed by atoms with Gasteiger partial charge < -0.3 is 9.64 Å². The number of carbonyl (C=O) groups excluding carboxylic acids is 2. The quantitative estimate of drug-likeness (QED) is 0.785.